The van der Waals surface area contributed by atoms with Crippen LogP contribution in [0.5, 0.6) is 0 Å². The van der Waals surface area contributed by atoms with E-state index in [-0.39, 0.29) is 11.4 Å². The summed E-state index contributed by atoms with van der Waals surface area (Å²) in [6, 6.07) is 12.4. The summed E-state index contributed by atoms with van der Waals surface area (Å²) in [6.45, 7) is 1.98. The third kappa shape index (κ3) is 2.56. The molecule has 0 aromatic heterocycles. The molecule has 0 unspecified atom stereocenters. The number of hydrogen-bond acceptors (Lipinski definition) is 3. The average Bonchev–Trinajstić information content (AvgIpc) is 2.45. The molecule has 0 saturated heterocycles. The fraction of sp³-hybridized carbons (Fsp3) is 0.133. The van der Waals surface area contributed by atoms with Gasteiger partial charge in [-0.3, -0.25) is 0 Å². The SMILES string of the molecule is Cc1cccc(N(C)c2cccc(F)c2C(N)=NO)c1. The Morgan fingerprint density at radius 3 is 2.60 bits per heavy atom. The average molecular weight is 273 g/mol. The van der Waals surface area contributed by atoms with Gasteiger partial charge in [-0.05, 0) is 36.8 Å². The highest BCUT2D eigenvalue weighted by Gasteiger charge is 2.16. The molecule has 0 aliphatic rings. The molecule has 0 aliphatic carbocycles. The lowest BCUT2D eigenvalue weighted by Gasteiger charge is -2.22. The summed E-state index contributed by atoms with van der Waals surface area (Å²) in [7, 11) is 1.80. The van der Waals surface area contributed by atoms with Crippen LogP contribution in [0.1, 0.15) is 11.1 Å². The monoisotopic (exact) mass is 273 g/mol. The summed E-state index contributed by atoms with van der Waals surface area (Å²) >= 11 is 0. The molecule has 2 rings (SSSR count). The van der Waals surface area contributed by atoms with E-state index in [1.165, 1.54) is 6.07 Å². The van der Waals surface area contributed by atoms with Gasteiger partial charge < -0.3 is 15.8 Å². The van der Waals surface area contributed by atoms with Crippen molar-refractivity contribution >= 4 is 17.2 Å². The van der Waals surface area contributed by atoms with E-state index in [4.69, 9.17) is 10.9 Å². The molecule has 0 radical (unpaired) electrons. The molecule has 0 amide bonds. The first-order chi connectivity index (χ1) is 9.54. The number of aryl methyl sites for hydroxylation is 1. The first kappa shape index (κ1) is 13.9. The molecule has 4 nitrogen and oxygen atoms in total. The van der Waals surface area contributed by atoms with Crippen molar-refractivity contribution in [1.82, 2.24) is 0 Å². The number of hydrogen-bond donors (Lipinski definition) is 2. The number of nitrogens with zero attached hydrogens (tertiary/aromatic N) is 2. The van der Waals surface area contributed by atoms with Crippen molar-refractivity contribution in [3.63, 3.8) is 0 Å². The van der Waals surface area contributed by atoms with Crippen LogP contribution in [0.4, 0.5) is 15.8 Å². The lowest BCUT2D eigenvalue weighted by molar-refractivity contribution is 0.318. The summed E-state index contributed by atoms with van der Waals surface area (Å²) in [5.41, 5.74) is 8.18. The van der Waals surface area contributed by atoms with Gasteiger partial charge >= 0.3 is 0 Å². The third-order valence-corrected chi connectivity index (χ3v) is 3.11. The fourth-order valence-corrected chi connectivity index (χ4v) is 2.07. The van der Waals surface area contributed by atoms with Gasteiger partial charge in [0.15, 0.2) is 5.84 Å². The molecule has 0 heterocycles. The maximum atomic E-state index is 13.9. The molecular weight excluding hydrogens is 257 g/mol. The Morgan fingerprint density at radius 2 is 1.95 bits per heavy atom. The Balaban J connectivity index is 2.55. The largest absolute Gasteiger partial charge is 0.409 e. The van der Waals surface area contributed by atoms with E-state index < -0.39 is 5.82 Å². The van der Waals surface area contributed by atoms with Crippen LogP contribution in [-0.4, -0.2) is 18.1 Å². The Morgan fingerprint density at radius 1 is 1.25 bits per heavy atom. The fourth-order valence-electron chi connectivity index (χ4n) is 2.07. The maximum absolute atomic E-state index is 13.9. The zero-order valence-corrected chi connectivity index (χ0v) is 11.3. The number of nitrogens with two attached hydrogens (primary N) is 1. The third-order valence-electron chi connectivity index (χ3n) is 3.11. The second kappa shape index (κ2) is 5.61. The van der Waals surface area contributed by atoms with Crippen LogP contribution >= 0.6 is 0 Å². The Kier molecular flexibility index (Phi) is 3.89. The van der Waals surface area contributed by atoms with E-state index in [2.05, 4.69) is 5.16 Å². The molecule has 5 heteroatoms. The molecule has 3 N–H and O–H groups in total. The van der Waals surface area contributed by atoms with E-state index >= 15 is 0 Å². The first-order valence-corrected chi connectivity index (χ1v) is 6.11. The van der Waals surface area contributed by atoms with Gasteiger partial charge in [-0.2, -0.15) is 0 Å². The molecule has 2 aromatic carbocycles. The Labute approximate surface area is 116 Å². The second-order valence-corrected chi connectivity index (χ2v) is 4.52. The topological polar surface area (TPSA) is 61.8 Å². The van der Waals surface area contributed by atoms with Gasteiger partial charge in [-0.1, -0.05) is 23.4 Å². The number of oxime groups is 1. The number of amidine groups is 1. The molecule has 0 saturated carbocycles. The van der Waals surface area contributed by atoms with Gasteiger partial charge in [-0.25, -0.2) is 4.39 Å². The summed E-state index contributed by atoms with van der Waals surface area (Å²) < 4.78 is 13.9. The lowest BCUT2D eigenvalue weighted by Crippen LogP contribution is -2.21. The van der Waals surface area contributed by atoms with E-state index in [9.17, 15) is 4.39 Å². The van der Waals surface area contributed by atoms with Crippen LogP contribution in [0.2, 0.25) is 0 Å². The van der Waals surface area contributed by atoms with Gasteiger partial charge in [0.1, 0.15) is 5.82 Å². The molecule has 20 heavy (non-hydrogen) atoms. The van der Waals surface area contributed by atoms with Crippen molar-refractivity contribution in [1.29, 1.82) is 0 Å². The molecule has 0 bridgehead atoms. The van der Waals surface area contributed by atoms with Gasteiger partial charge in [-0.15, -0.1) is 0 Å². The van der Waals surface area contributed by atoms with Crippen LogP contribution in [0.3, 0.4) is 0 Å². The number of benzene rings is 2. The standard InChI is InChI=1S/C15H16FN3O/c1-10-5-3-6-11(9-10)19(2)13-8-4-7-12(16)14(13)15(17)18-20/h3-9,20H,1-2H3,(H2,17,18). The molecule has 104 valence electrons. The Bertz CT molecular complexity index is 655. The van der Waals surface area contributed by atoms with Crippen molar-refractivity contribution in [2.24, 2.45) is 10.9 Å². The van der Waals surface area contributed by atoms with E-state index in [1.807, 2.05) is 31.2 Å². The van der Waals surface area contributed by atoms with E-state index in [0.717, 1.165) is 11.3 Å². The predicted octanol–water partition coefficient (Wildman–Crippen LogP) is 3.00. The first-order valence-electron chi connectivity index (χ1n) is 6.11. The van der Waals surface area contributed by atoms with Gasteiger partial charge in [0, 0.05) is 12.7 Å². The number of halogens is 1. The second-order valence-electron chi connectivity index (χ2n) is 4.52. The lowest BCUT2D eigenvalue weighted by atomic mass is 10.1. The summed E-state index contributed by atoms with van der Waals surface area (Å²) in [6.07, 6.45) is 0. The minimum atomic E-state index is -0.530. The van der Waals surface area contributed by atoms with Gasteiger partial charge in [0.25, 0.3) is 0 Å². The summed E-state index contributed by atoms with van der Waals surface area (Å²) in [4.78, 5) is 1.80. The van der Waals surface area contributed by atoms with Crippen LogP contribution in [0.25, 0.3) is 0 Å². The molecule has 0 aliphatic heterocycles. The minimum absolute atomic E-state index is 0.0824. The molecule has 0 spiro atoms. The molecular formula is C15H16FN3O. The zero-order valence-electron chi connectivity index (χ0n) is 11.3. The quantitative estimate of drug-likeness (QED) is 0.391. The van der Waals surface area contributed by atoms with E-state index in [1.54, 1.807) is 24.1 Å². The van der Waals surface area contributed by atoms with Crippen LogP contribution < -0.4 is 10.6 Å². The van der Waals surface area contributed by atoms with E-state index in [0.29, 0.717) is 5.69 Å². The van der Waals surface area contributed by atoms with Crippen molar-refractivity contribution in [2.75, 3.05) is 11.9 Å². The number of anilines is 2. The van der Waals surface area contributed by atoms with Crippen LogP contribution in [-0.2, 0) is 0 Å². The minimum Gasteiger partial charge on any atom is -0.409 e. The summed E-state index contributed by atoms with van der Waals surface area (Å²) in [5.74, 6) is -0.782. The highest BCUT2D eigenvalue weighted by molar-refractivity contribution is 6.03. The van der Waals surface area contributed by atoms with Crippen molar-refractivity contribution in [2.45, 2.75) is 6.92 Å². The molecule has 0 atom stereocenters. The normalized spacial score (nSPS) is 11.4. The van der Waals surface area contributed by atoms with Crippen molar-refractivity contribution < 1.29 is 9.60 Å². The van der Waals surface area contributed by atoms with Crippen molar-refractivity contribution in [3.8, 4) is 0 Å². The smallest absolute Gasteiger partial charge is 0.175 e. The van der Waals surface area contributed by atoms with Crippen molar-refractivity contribution in [3.05, 3.63) is 59.4 Å². The van der Waals surface area contributed by atoms with Gasteiger partial charge in [0.2, 0.25) is 0 Å². The van der Waals surface area contributed by atoms with Crippen LogP contribution in [0.15, 0.2) is 47.6 Å². The predicted molar refractivity (Wildman–Crippen MR) is 78.2 cm³/mol. The molecule has 0 fully saturated rings. The highest BCUT2D eigenvalue weighted by Crippen LogP contribution is 2.29. The van der Waals surface area contributed by atoms with Gasteiger partial charge in [0.05, 0.1) is 11.3 Å². The Hall–Kier alpha value is -2.56. The maximum Gasteiger partial charge on any atom is 0.175 e. The zero-order chi connectivity index (χ0) is 14.7. The number of rotatable bonds is 3. The molecule has 2 aromatic rings. The van der Waals surface area contributed by atoms with Crippen LogP contribution in [0, 0.1) is 12.7 Å². The highest BCUT2D eigenvalue weighted by atomic mass is 19.1. The summed E-state index contributed by atoms with van der Waals surface area (Å²) in [5, 5.41) is 11.7.